The van der Waals surface area contributed by atoms with Crippen molar-refractivity contribution in [3.8, 4) is 0 Å². The van der Waals surface area contributed by atoms with Crippen molar-refractivity contribution in [1.29, 1.82) is 0 Å². The molecular weight excluding hydrogens is 122 g/mol. The van der Waals surface area contributed by atoms with Crippen LogP contribution in [-0.2, 0) is 19.3 Å². The highest BCUT2D eigenvalue weighted by Crippen LogP contribution is 2.35. The van der Waals surface area contributed by atoms with Crippen LogP contribution in [0.5, 0.6) is 0 Å². The first-order chi connectivity index (χ1) is 4.95. The number of hydrogen-bond donors (Lipinski definition) is 1. The Morgan fingerprint density at radius 1 is 0.900 bits per heavy atom. The molecule has 0 amide bonds. The highest BCUT2D eigenvalue weighted by atomic mass is 14.8. The van der Waals surface area contributed by atoms with E-state index in [9.17, 15) is 0 Å². The fraction of sp³-hybridized carbons (Fsp3) is 0.556. The molecule has 1 aromatic heterocycles. The monoisotopic (exact) mass is 133 g/mol. The second-order valence-corrected chi connectivity index (χ2v) is 3.42. The predicted molar refractivity (Wildman–Crippen MR) is 40.2 cm³/mol. The summed E-state index contributed by atoms with van der Waals surface area (Å²) in [5.41, 5.74) is 6.46. The minimum Gasteiger partial charge on any atom is -0.361 e. The van der Waals surface area contributed by atoms with Crippen molar-refractivity contribution in [3.63, 3.8) is 0 Å². The van der Waals surface area contributed by atoms with Crippen LogP contribution in [0.2, 0.25) is 0 Å². The molecule has 0 atom stereocenters. The third kappa shape index (κ3) is 0.416. The van der Waals surface area contributed by atoms with Crippen molar-refractivity contribution >= 4 is 0 Å². The van der Waals surface area contributed by atoms with Crippen molar-refractivity contribution in [3.05, 3.63) is 22.5 Å². The molecule has 52 valence electrons. The molecule has 0 unspecified atom stereocenters. The summed E-state index contributed by atoms with van der Waals surface area (Å²) in [6.45, 7) is 0. The molecule has 1 aromatic rings. The number of aromatic nitrogens is 1. The zero-order valence-corrected chi connectivity index (χ0v) is 6.04. The van der Waals surface area contributed by atoms with Crippen LogP contribution >= 0.6 is 0 Å². The molecule has 2 heterocycles. The van der Waals surface area contributed by atoms with Crippen LogP contribution in [0.15, 0.2) is 0 Å². The van der Waals surface area contributed by atoms with Crippen molar-refractivity contribution in [1.82, 2.24) is 4.98 Å². The Hall–Kier alpha value is -0.720. The van der Waals surface area contributed by atoms with Gasteiger partial charge < -0.3 is 4.98 Å². The van der Waals surface area contributed by atoms with E-state index in [2.05, 4.69) is 4.98 Å². The van der Waals surface area contributed by atoms with Gasteiger partial charge in [-0.25, -0.2) is 0 Å². The molecular formula is C9H11N. The number of H-pyrrole nitrogens is 1. The third-order valence-corrected chi connectivity index (χ3v) is 2.85. The summed E-state index contributed by atoms with van der Waals surface area (Å²) in [6, 6.07) is 0. The summed E-state index contributed by atoms with van der Waals surface area (Å²) >= 11 is 0. The first-order valence-electron chi connectivity index (χ1n) is 4.16. The van der Waals surface area contributed by atoms with E-state index in [0.717, 1.165) is 0 Å². The van der Waals surface area contributed by atoms with E-state index >= 15 is 0 Å². The molecule has 1 nitrogen and oxygen atoms in total. The first-order valence-corrected chi connectivity index (χ1v) is 4.16. The Morgan fingerprint density at radius 3 is 1.90 bits per heavy atom. The largest absolute Gasteiger partial charge is 0.361 e. The Kier molecular flexibility index (Phi) is 0.735. The number of rotatable bonds is 0. The lowest BCUT2D eigenvalue weighted by molar-refractivity contribution is 0.692. The molecule has 10 heavy (non-hydrogen) atoms. The van der Waals surface area contributed by atoms with Gasteiger partial charge in [0.1, 0.15) is 0 Å². The van der Waals surface area contributed by atoms with E-state index in [0.29, 0.717) is 0 Å². The Labute approximate surface area is 60.5 Å². The molecule has 1 N–H and O–H groups in total. The van der Waals surface area contributed by atoms with Crippen LogP contribution in [0.3, 0.4) is 0 Å². The second kappa shape index (κ2) is 1.47. The summed E-state index contributed by atoms with van der Waals surface area (Å²) in [7, 11) is 0. The van der Waals surface area contributed by atoms with Crippen LogP contribution < -0.4 is 0 Å². The molecule has 0 spiro atoms. The van der Waals surface area contributed by atoms with Gasteiger partial charge in [-0.3, -0.25) is 0 Å². The molecule has 0 fully saturated rings. The van der Waals surface area contributed by atoms with Gasteiger partial charge in [0, 0.05) is 17.8 Å². The molecule has 3 aliphatic rings. The zero-order valence-electron chi connectivity index (χ0n) is 6.04. The topological polar surface area (TPSA) is 15.8 Å². The SMILES string of the molecule is C1CCc2c3[nH]c(c2C1)C3. The van der Waals surface area contributed by atoms with Gasteiger partial charge in [0.25, 0.3) is 0 Å². The van der Waals surface area contributed by atoms with Gasteiger partial charge in [-0.2, -0.15) is 0 Å². The van der Waals surface area contributed by atoms with Crippen LogP contribution in [0.1, 0.15) is 35.4 Å². The maximum absolute atomic E-state index is 3.42. The fourth-order valence-electron chi connectivity index (χ4n) is 2.28. The van der Waals surface area contributed by atoms with Gasteiger partial charge >= 0.3 is 0 Å². The average molecular weight is 133 g/mol. The molecule has 0 radical (unpaired) electrons. The lowest BCUT2D eigenvalue weighted by Crippen LogP contribution is -1.99. The van der Waals surface area contributed by atoms with E-state index < -0.39 is 0 Å². The van der Waals surface area contributed by atoms with Crippen molar-refractivity contribution in [2.24, 2.45) is 0 Å². The van der Waals surface area contributed by atoms with E-state index in [-0.39, 0.29) is 0 Å². The number of hydrogen-bond acceptors (Lipinski definition) is 0. The zero-order chi connectivity index (χ0) is 6.55. The molecule has 0 saturated heterocycles. The quantitative estimate of drug-likeness (QED) is 0.564. The summed E-state index contributed by atoms with van der Waals surface area (Å²) < 4.78 is 0. The van der Waals surface area contributed by atoms with Gasteiger partial charge in [0.2, 0.25) is 0 Å². The summed E-state index contributed by atoms with van der Waals surface area (Å²) in [4.78, 5) is 3.42. The normalized spacial score (nSPS) is 20.0. The van der Waals surface area contributed by atoms with Crippen molar-refractivity contribution in [2.75, 3.05) is 0 Å². The Balaban J connectivity index is 2.23. The third-order valence-electron chi connectivity index (χ3n) is 2.85. The summed E-state index contributed by atoms with van der Waals surface area (Å²) in [6.07, 6.45) is 6.79. The maximum atomic E-state index is 3.42. The van der Waals surface area contributed by atoms with Crippen molar-refractivity contribution < 1.29 is 0 Å². The summed E-state index contributed by atoms with van der Waals surface area (Å²) in [5, 5.41) is 0. The van der Waals surface area contributed by atoms with Gasteiger partial charge in [-0.1, -0.05) is 0 Å². The lowest BCUT2D eigenvalue weighted by atomic mass is 9.96. The smallest absolute Gasteiger partial charge is 0.0284 e. The van der Waals surface area contributed by atoms with E-state index in [1.54, 1.807) is 22.5 Å². The molecule has 2 bridgehead atoms. The number of aromatic amines is 1. The van der Waals surface area contributed by atoms with E-state index in [4.69, 9.17) is 0 Å². The Morgan fingerprint density at radius 2 is 1.40 bits per heavy atom. The minimum absolute atomic E-state index is 1.27. The minimum atomic E-state index is 1.27. The van der Waals surface area contributed by atoms with Crippen LogP contribution in [-0.4, -0.2) is 4.98 Å². The van der Waals surface area contributed by atoms with E-state index in [1.165, 1.54) is 32.1 Å². The highest BCUT2D eigenvalue weighted by molar-refractivity contribution is 5.48. The molecule has 0 aromatic carbocycles. The van der Waals surface area contributed by atoms with Crippen LogP contribution in [0.25, 0.3) is 0 Å². The molecule has 1 heteroatoms. The first kappa shape index (κ1) is 5.00. The molecule has 1 aliphatic heterocycles. The van der Waals surface area contributed by atoms with Gasteiger partial charge in [0.15, 0.2) is 0 Å². The predicted octanol–water partition coefficient (Wildman–Crippen LogP) is 1.80. The Bertz CT molecular complexity index is 257. The van der Waals surface area contributed by atoms with Gasteiger partial charge in [-0.15, -0.1) is 0 Å². The standard InChI is InChI=1S/C9H11N/c1-2-4-7-6(3-1)8-5-9(7)10-8/h10H,1-5H2. The second-order valence-electron chi connectivity index (χ2n) is 3.42. The lowest BCUT2D eigenvalue weighted by Gasteiger charge is -2.08. The summed E-state index contributed by atoms with van der Waals surface area (Å²) in [5.74, 6) is 0. The average Bonchev–Trinajstić information content (AvgIpc) is 2.36. The molecule has 2 aliphatic carbocycles. The highest BCUT2D eigenvalue weighted by Gasteiger charge is 2.26. The van der Waals surface area contributed by atoms with Crippen LogP contribution in [0, 0.1) is 0 Å². The molecule has 4 rings (SSSR count). The van der Waals surface area contributed by atoms with Crippen LogP contribution in [0.4, 0.5) is 0 Å². The maximum Gasteiger partial charge on any atom is 0.0284 e. The number of nitrogens with one attached hydrogen (secondary N) is 1. The van der Waals surface area contributed by atoms with E-state index in [1.807, 2.05) is 0 Å². The fourth-order valence-corrected chi connectivity index (χ4v) is 2.28. The van der Waals surface area contributed by atoms with Gasteiger partial charge in [-0.05, 0) is 36.8 Å². The van der Waals surface area contributed by atoms with Gasteiger partial charge in [0.05, 0.1) is 0 Å². The molecule has 0 saturated carbocycles. The van der Waals surface area contributed by atoms with Crippen molar-refractivity contribution in [2.45, 2.75) is 32.1 Å².